The van der Waals surface area contributed by atoms with E-state index in [1.165, 1.54) is 88.0 Å². The van der Waals surface area contributed by atoms with E-state index < -0.39 is 0 Å². The summed E-state index contributed by atoms with van der Waals surface area (Å²) < 4.78 is 0. The molecule has 0 spiro atoms. The Morgan fingerprint density at radius 2 is 0.881 bits per heavy atom. The zero-order valence-electron chi connectivity index (χ0n) is 24.5. The smallest absolute Gasteiger partial charge is 0.0159 e. The van der Waals surface area contributed by atoms with Gasteiger partial charge in [0.25, 0.3) is 0 Å². The first-order chi connectivity index (χ1) is 20.4. The number of benzene rings is 7. The quantitative estimate of drug-likeness (QED) is 0.183. The number of fused-ring (bicyclic) bond motifs is 8. The van der Waals surface area contributed by atoms with Gasteiger partial charge in [0.05, 0.1) is 0 Å². The zero-order valence-corrected chi connectivity index (χ0v) is 24.5. The van der Waals surface area contributed by atoms with Crippen LogP contribution in [0.15, 0.2) is 121 Å². The molecule has 0 fully saturated rings. The van der Waals surface area contributed by atoms with Gasteiger partial charge in [0.1, 0.15) is 0 Å². The van der Waals surface area contributed by atoms with E-state index in [1.54, 1.807) is 0 Å². The molecule has 0 aromatic heterocycles. The largest absolute Gasteiger partial charge is 0.0619 e. The van der Waals surface area contributed by atoms with Crippen molar-refractivity contribution in [3.05, 3.63) is 144 Å². The van der Waals surface area contributed by atoms with E-state index in [9.17, 15) is 0 Å². The summed E-state index contributed by atoms with van der Waals surface area (Å²) in [5.41, 5.74) is 13.7. The van der Waals surface area contributed by atoms with Crippen LogP contribution in [0, 0.1) is 0 Å². The van der Waals surface area contributed by atoms with Crippen LogP contribution in [0.4, 0.5) is 0 Å². The number of rotatable bonds is 1. The summed E-state index contributed by atoms with van der Waals surface area (Å²) in [7, 11) is 0. The highest BCUT2D eigenvalue weighted by molar-refractivity contribution is 6.25. The molecular weight excluding hydrogens is 504 g/mol. The Kier molecular flexibility index (Phi) is 4.56. The molecule has 0 radical (unpaired) electrons. The van der Waals surface area contributed by atoms with Crippen molar-refractivity contribution in [3.8, 4) is 33.4 Å². The maximum Gasteiger partial charge on any atom is 0.0159 e. The second-order valence-corrected chi connectivity index (χ2v) is 13.3. The third-order valence-electron chi connectivity index (χ3n) is 10.4. The highest BCUT2D eigenvalue weighted by Crippen LogP contribution is 2.58. The van der Waals surface area contributed by atoms with Gasteiger partial charge in [-0.1, -0.05) is 137 Å². The van der Waals surface area contributed by atoms with E-state index in [1.807, 2.05) is 0 Å². The van der Waals surface area contributed by atoms with Gasteiger partial charge in [0.15, 0.2) is 0 Å². The van der Waals surface area contributed by atoms with Gasteiger partial charge in [-0.2, -0.15) is 0 Å². The lowest BCUT2D eigenvalue weighted by Crippen LogP contribution is -2.25. The van der Waals surface area contributed by atoms with Gasteiger partial charge in [-0.3, -0.25) is 0 Å². The summed E-state index contributed by atoms with van der Waals surface area (Å²) in [6.45, 7) is 9.63. The second-order valence-electron chi connectivity index (χ2n) is 13.3. The third kappa shape index (κ3) is 2.87. The van der Waals surface area contributed by atoms with Crippen molar-refractivity contribution >= 4 is 32.3 Å². The molecule has 0 saturated heterocycles. The molecule has 0 saturated carbocycles. The molecule has 0 bridgehead atoms. The molecule has 0 nitrogen and oxygen atoms in total. The molecular formula is C42H32. The van der Waals surface area contributed by atoms with Crippen LogP contribution in [0.2, 0.25) is 0 Å². The molecule has 0 heteroatoms. The van der Waals surface area contributed by atoms with Crippen LogP contribution >= 0.6 is 0 Å². The predicted molar refractivity (Wildman–Crippen MR) is 180 cm³/mol. The first-order valence-corrected chi connectivity index (χ1v) is 15.1. The van der Waals surface area contributed by atoms with Gasteiger partial charge < -0.3 is 0 Å². The molecule has 0 heterocycles. The maximum atomic E-state index is 2.56. The SMILES string of the molecule is CC1(C)c2ccccc2-c2cc3c(cc21)-c1c2ccccc2c(-c2cccc4ccccc24)c2cccc(c12)C3(C)C. The molecule has 0 unspecified atom stereocenters. The lowest BCUT2D eigenvalue weighted by atomic mass is 9.65. The van der Waals surface area contributed by atoms with Gasteiger partial charge in [0.2, 0.25) is 0 Å². The zero-order chi connectivity index (χ0) is 28.4. The minimum absolute atomic E-state index is 0.0418. The standard InChI is InChI=1S/C42H32/c1-41(2)34-21-10-9-16-27(34)32-23-37-33(24-36(32)41)39-30-18-8-7-17-29(30)38(28-19-11-14-25-13-5-6-15-26(25)28)31-20-12-22-35(40(31)39)42(37,3)4/h5-24H,1-4H3. The van der Waals surface area contributed by atoms with Crippen molar-refractivity contribution < 1.29 is 0 Å². The van der Waals surface area contributed by atoms with E-state index in [-0.39, 0.29) is 10.8 Å². The second kappa shape index (κ2) is 7.99. The fraction of sp³-hybridized carbons (Fsp3) is 0.143. The molecule has 7 aromatic rings. The van der Waals surface area contributed by atoms with Gasteiger partial charge in [-0.15, -0.1) is 0 Å². The summed E-state index contributed by atoms with van der Waals surface area (Å²) >= 11 is 0. The lowest BCUT2D eigenvalue weighted by molar-refractivity contribution is 0.639. The van der Waals surface area contributed by atoms with Gasteiger partial charge in [-0.05, 0) is 100 Å². The minimum atomic E-state index is -0.142. The van der Waals surface area contributed by atoms with Crippen LogP contribution < -0.4 is 0 Å². The summed E-state index contributed by atoms with van der Waals surface area (Å²) in [5, 5.41) is 8.00. The van der Waals surface area contributed by atoms with Crippen LogP contribution in [0.25, 0.3) is 65.7 Å². The highest BCUT2D eigenvalue weighted by atomic mass is 14.4. The lowest BCUT2D eigenvalue weighted by Gasteiger charge is -2.37. The van der Waals surface area contributed by atoms with Crippen molar-refractivity contribution in [3.63, 3.8) is 0 Å². The molecule has 2 aliphatic rings. The van der Waals surface area contributed by atoms with Gasteiger partial charge >= 0.3 is 0 Å². The summed E-state index contributed by atoms with van der Waals surface area (Å²) in [6.07, 6.45) is 0. The van der Waals surface area contributed by atoms with Crippen LogP contribution in [0.3, 0.4) is 0 Å². The van der Waals surface area contributed by atoms with Crippen LogP contribution in [-0.4, -0.2) is 0 Å². The van der Waals surface area contributed by atoms with Crippen molar-refractivity contribution in [1.82, 2.24) is 0 Å². The van der Waals surface area contributed by atoms with Crippen molar-refractivity contribution in [2.24, 2.45) is 0 Å². The fourth-order valence-electron chi connectivity index (χ4n) is 8.38. The van der Waals surface area contributed by atoms with E-state index in [0.717, 1.165) is 0 Å². The Bertz CT molecular complexity index is 2290. The Labute approximate surface area is 247 Å². The van der Waals surface area contributed by atoms with Crippen LogP contribution in [0.5, 0.6) is 0 Å². The van der Waals surface area contributed by atoms with E-state index in [4.69, 9.17) is 0 Å². The summed E-state index contributed by atoms with van der Waals surface area (Å²) in [5.74, 6) is 0. The van der Waals surface area contributed by atoms with E-state index in [2.05, 4.69) is 149 Å². The minimum Gasteiger partial charge on any atom is -0.0619 e. The fourth-order valence-corrected chi connectivity index (χ4v) is 8.38. The van der Waals surface area contributed by atoms with Gasteiger partial charge in [-0.25, -0.2) is 0 Å². The average Bonchev–Trinajstić information content (AvgIpc) is 3.24. The molecule has 9 rings (SSSR count). The predicted octanol–water partition coefficient (Wildman–Crippen LogP) is 11.4. The first kappa shape index (κ1) is 24.0. The average molecular weight is 537 g/mol. The Morgan fingerprint density at radius 1 is 0.357 bits per heavy atom. The molecule has 0 aliphatic heterocycles. The van der Waals surface area contributed by atoms with Crippen molar-refractivity contribution in [2.45, 2.75) is 38.5 Å². The highest BCUT2D eigenvalue weighted by Gasteiger charge is 2.41. The van der Waals surface area contributed by atoms with Crippen molar-refractivity contribution in [1.29, 1.82) is 0 Å². The van der Waals surface area contributed by atoms with Crippen LogP contribution in [0.1, 0.15) is 49.9 Å². The van der Waals surface area contributed by atoms with E-state index >= 15 is 0 Å². The number of hydrogen-bond acceptors (Lipinski definition) is 0. The Hall–Kier alpha value is -4.68. The third-order valence-corrected chi connectivity index (χ3v) is 10.4. The maximum absolute atomic E-state index is 2.56. The number of hydrogen-bond donors (Lipinski definition) is 0. The summed E-state index contributed by atoms with van der Waals surface area (Å²) in [6, 6.07) is 45.8. The monoisotopic (exact) mass is 536 g/mol. The molecule has 7 aromatic carbocycles. The van der Waals surface area contributed by atoms with Crippen molar-refractivity contribution in [2.75, 3.05) is 0 Å². The first-order valence-electron chi connectivity index (χ1n) is 15.1. The van der Waals surface area contributed by atoms with Gasteiger partial charge in [0, 0.05) is 10.8 Å². The molecule has 2 aliphatic carbocycles. The Morgan fingerprint density at radius 3 is 1.71 bits per heavy atom. The molecule has 0 N–H and O–H groups in total. The van der Waals surface area contributed by atoms with E-state index in [0.29, 0.717) is 0 Å². The topological polar surface area (TPSA) is 0 Å². The molecule has 200 valence electrons. The van der Waals surface area contributed by atoms with Crippen LogP contribution in [-0.2, 0) is 10.8 Å². The molecule has 0 atom stereocenters. The Balaban J connectivity index is 1.47. The molecule has 0 amide bonds. The normalized spacial score (nSPS) is 15.5. The summed E-state index contributed by atoms with van der Waals surface area (Å²) in [4.78, 5) is 0. The molecule has 42 heavy (non-hydrogen) atoms.